The van der Waals surface area contributed by atoms with Gasteiger partial charge in [-0.25, -0.2) is 0 Å². The summed E-state index contributed by atoms with van der Waals surface area (Å²) in [5.74, 6) is 2.84. The van der Waals surface area contributed by atoms with Crippen molar-refractivity contribution in [1.82, 2.24) is 10.2 Å². The highest BCUT2D eigenvalue weighted by Crippen LogP contribution is 2.38. The number of nitrogens with one attached hydrogen (secondary N) is 1. The van der Waals surface area contributed by atoms with Gasteiger partial charge in [-0.2, -0.15) is 0 Å². The van der Waals surface area contributed by atoms with Gasteiger partial charge in [-0.15, -0.1) is 0 Å². The van der Waals surface area contributed by atoms with Crippen molar-refractivity contribution < 1.29 is 0 Å². The second kappa shape index (κ2) is 6.79. The SMILES string of the molecule is CC(C)CNC1CC(CC2CC2)CN(C2CCCC2)C1. The van der Waals surface area contributed by atoms with Crippen LogP contribution in [-0.4, -0.2) is 36.6 Å². The molecule has 2 heteroatoms. The van der Waals surface area contributed by atoms with Crippen molar-refractivity contribution in [3.05, 3.63) is 0 Å². The Morgan fingerprint density at radius 1 is 1.00 bits per heavy atom. The number of likely N-dealkylation sites (tertiary alicyclic amines) is 1. The normalized spacial score (nSPS) is 33.1. The lowest BCUT2D eigenvalue weighted by molar-refractivity contribution is 0.0920. The van der Waals surface area contributed by atoms with Crippen molar-refractivity contribution >= 4 is 0 Å². The fraction of sp³-hybridized carbons (Fsp3) is 1.00. The van der Waals surface area contributed by atoms with Gasteiger partial charge >= 0.3 is 0 Å². The third-order valence-electron chi connectivity index (χ3n) is 5.58. The zero-order valence-electron chi connectivity index (χ0n) is 13.6. The summed E-state index contributed by atoms with van der Waals surface area (Å²) in [5, 5.41) is 3.86. The maximum Gasteiger partial charge on any atom is 0.0198 e. The monoisotopic (exact) mass is 278 g/mol. The van der Waals surface area contributed by atoms with Gasteiger partial charge in [-0.3, -0.25) is 4.90 Å². The van der Waals surface area contributed by atoms with Gasteiger partial charge in [-0.05, 0) is 50.0 Å². The van der Waals surface area contributed by atoms with E-state index in [0.29, 0.717) is 0 Å². The molecule has 0 radical (unpaired) electrons. The van der Waals surface area contributed by atoms with E-state index >= 15 is 0 Å². The maximum atomic E-state index is 3.86. The molecule has 2 atom stereocenters. The predicted molar refractivity (Wildman–Crippen MR) is 85.9 cm³/mol. The summed E-state index contributed by atoms with van der Waals surface area (Å²) in [5.41, 5.74) is 0. The molecule has 0 spiro atoms. The minimum atomic E-state index is 0.760. The van der Waals surface area contributed by atoms with Crippen LogP contribution in [0.5, 0.6) is 0 Å². The molecule has 1 saturated heterocycles. The summed E-state index contributed by atoms with van der Waals surface area (Å²) < 4.78 is 0. The van der Waals surface area contributed by atoms with Gasteiger partial charge in [-0.1, -0.05) is 39.5 Å². The maximum absolute atomic E-state index is 3.86. The third kappa shape index (κ3) is 4.21. The van der Waals surface area contributed by atoms with Gasteiger partial charge in [0.2, 0.25) is 0 Å². The average molecular weight is 278 g/mol. The van der Waals surface area contributed by atoms with E-state index in [1.165, 1.54) is 71.0 Å². The molecular formula is C18H34N2. The summed E-state index contributed by atoms with van der Waals surface area (Å²) in [4.78, 5) is 2.86. The summed E-state index contributed by atoms with van der Waals surface area (Å²) in [6.07, 6.45) is 11.9. The Morgan fingerprint density at radius 2 is 1.75 bits per heavy atom. The standard InChI is InChI=1S/C18H34N2/c1-14(2)11-19-17-10-16(9-15-7-8-15)12-20(13-17)18-5-3-4-6-18/h14-19H,3-13H2,1-2H3. The Bertz CT molecular complexity index is 292. The number of piperidine rings is 1. The zero-order chi connectivity index (χ0) is 13.9. The van der Waals surface area contributed by atoms with Crippen molar-refractivity contribution in [1.29, 1.82) is 0 Å². The molecule has 116 valence electrons. The van der Waals surface area contributed by atoms with Crippen LogP contribution < -0.4 is 5.32 Å². The topological polar surface area (TPSA) is 15.3 Å². The van der Waals surface area contributed by atoms with Gasteiger partial charge in [0.05, 0.1) is 0 Å². The minimum Gasteiger partial charge on any atom is -0.312 e. The second-order valence-corrected chi connectivity index (χ2v) is 8.17. The molecule has 1 aliphatic heterocycles. The van der Waals surface area contributed by atoms with Crippen LogP contribution in [0, 0.1) is 17.8 Å². The largest absolute Gasteiger partial charge is 0.312 e. The van der Waals surface area contributed by atoms with E-state index < -0.39 is 0 Å². The molecule has 0 bridgehead atoms. The van der Waals surface area contributed by atoms with Crippen molar-refractivity contribution in [3.63, 3.8) is 0 Å². The lowest BCUT2D eigenvalue weighted by Crippen LogP contribution is -2.52. The number of rotatable bonds is 6. The molecule has 20 heavy (non-hydrogen) atoms. The summed E-state index contributed by atoms with van der Waals surface area (Å²) in [6.45, 7) is 8.57. The Balaban J connectivity index is 1.55. The molecule has 0 aromatic rings. The highest BCUT2D eigenvalue weighted by molar-refractivity contribution is 4.90. The van der Waals surface area contributed by atoms with Gasteiger partial charge < -0.3 is 5.32 Å². The molecule has 2 nitrogen and oxygen atoms in total. The quantitative estimate of drug-likeness (QED) is 0.797. The highest BCUT2D eigenvalue weighted by atomic mass is 15.2. The first-order valence-electron chi connectivity index (χ1n) is 9.18. The van der Waals surface area contributed by atoms with Gasteiger partial charge in [0.1, 0.15) is 0 Å². The Morgan fingerprint density at radius 3 is 2.40 bits per heavy atom. The van der Waals surface area contributed by atoms with Crippen molar-refractivity contribution in [2.75, 3.05) is 19.6 Å². The molecule has 3 fully saturated rings. The van der Waals surface area contributed by atoms with Crippen LogP contribution in [0.25, 0.3) is 0 Å². The molecule has 0 aromatic carbocycles. The van der Waals surface area contributed by atoms with E-state index in [2.05, 4.69) is 24.1 Å². The first kappa shape index (κ1) is 14.8. The lowest BCUT2D eigenvalue weighted by atomic mass is 9.88. The molecule has 1 N–H and O–H groups in total. The van der Waals surface area contributed by atoms with Crippen molar-refractivity contribution in [2.45, 2.75) is 77.3 Å². The third-order valence-corrected chi connectivity index (χ3v) is 5.58. The molecule has 0 aromatic heterocycles. The number of hydrogen-bond acceptors (Lipinski definition) is 2. The Kier molecular flexibility index (Phi) is 5.04. The molecule has 3 aliphatic rings. The summed E-state index contributed by atoms with van der Waals surface area (Å²) in [6, 6.07) is 1.68. The minimum absolute atomic E-state index is 0.760. The molecule has 2 unspecified atom stereocenters. The zero-order valence-corrected chi connectivity index (χ0v) is 13.6. The molecule has 2 aliphatic carbocycles. The van der Waals surface area contributed by atoms with E-state index in [1.807, 2.05) is 0 Å². The number of nitrogens with zero attached hydrogens (tertiary/aromatic N) is 1. The van der Waals surface area contributed by atoms with Crippen LogP contribution in [-0.2, 0) is 0 Å². The van der Waals surface area contributed by atoms with Crippen LogP contribution in [0.2, 0.25) is 0 Å². The highest BCUT2D eigenvalue weighted by Gasteiger charge is 2.35. The number of hydrogen-bond donors (Lipinski definition) is 1. The van der Waals surface area contributed by atoms with E-state index in [-0.39, 0.29) is 0 Å². The van der Waals surface area contributed by atoms with Gasteiger partial charge in [0.15, 0.2) is 0 Å². The average Bonchev–Trinajstić information content (AvgIpc) is 3.07. The van der Waals surface area contributed by atoms with Crippen LogP contribution in [0.15, 0.2) is 0 Å². The lowest BCUT2D eigenvalue weighted by Gasteiger charge is -2.41. The Labute approximate surface area is 125 Å². The summed E-state index contributed by atoms with van der Waals surface area (Å²) in [7, 11) is 0. The van der Waals surface area contributed by atoms with E-state index in [1.54, 1.807) is 0 Å². The van der Waals surface area contributed by atoms with Gasteiger partial charge in [0, 0.05) is 25.2 Å². The van der Waals surface area contributed by atoms with E-state index in [0.717, 1.165) is 29.8 Å². The van der Waals surface area contributed by atoms with Crippen LogP contribution in [0.1, 0.15) is 65.2 Å². The van der Waals surface area contributed by atoms with Crippen molar-refractivity contribution in [2.24, 2.45) is 17.8 Å². The van der Waals surface area contributed by atoms with Gasteiger partial charge in [0.25, 0.3) is 0 Å². The fourth-order valence-corrected chi connectivity index (χ4v) is 4.35. The van der Waals surface area contributed by atoms with E-state index in [4.69, 9.17) is 0 Å². The molecule has 1 heterocycles. The predicted octanol–water partition coefficient (Wildman–Crippen LogP) is 3.67. The first-order chi connectivity index (χ1) is 9.70. The molecule has 2 saturated carbocycles. The van der Waals surface area contributed by atoms with E-state index in [9.17, 15) is 0 Å². The van der Waals surface area contributed by atoms with Crippen molar-refractivity contribution in [3.8, 4) is 0 Å². The second-order valence-electron chi connectivity index (χ2n) is 8.17. The smallest absolute Gasteiger partial charge is 0.0198 e. The van der Waals surface area contributed by atoms with Crippen LogP contribution in [0.4, 0.5) is 0 Å². The molecule has 0 amide bonds. The molecule has 3 rings (SSSR count). The molecular weight excluding hydrogens is 244 g/mol. The van der Waals surface area contributed by atoms with Crippen LogP contribution >= 0.6 is 0 Å². The Hall–Kier alpha value is -0.0800. The summed E-state index contributed by atoms with van der Waals surface area (Å²) >= 11 is 0. The fourth-order valence-electron chi connectivity index (χ4n) is 4.35. The first-order valence-corrected chi connectivity index (χ1v) is 9.18. The van der Waals surface area contributed by atoms with Crippen LogP contribution in [0.3, 0.4) is 0 Å².